The summed E-state index contributed by atoms with van der Waals surface area (Å²) >= 11 is 0. The molecule has 3 N–H and O–H groups in total. The molecule has 1 unspecified atom stereocenters. The van der Waals surface area contributed by atoms with Gasteiger partial charge < -0.3 is 15.8 Å². The van der Waals surface area contributed by atoms with E-state index in [2.05, 4.69) is 10.3 Å². The fourth-order valence-corrected chi connectivity index (χ4v) is 1.74. The molecule has 6 nitrogen and oxygen atoms in total. The summed E-state index contributed by atoms with van der Waals surface area (Å²) in [6.45, 7) is 3.32. The second-order valence-corrected chi connectivity index (χ2v) is 4.82. The summed E-state index contributed by atoms with van der Waals surface area (Å²) in [4.78, 5) is 28.1. The van der Waals surface area contributed by atoms with Crippen molar-refractivity contribution in [3.63, 3.8) is 0 Å². The van der Waals surface area contributed by atoms with Crippen molar-refractivity contribution in [1.29, 1.82) is 0 Å². The molecule has 6 heteroatoms. The molecular formula is C16H17N3O3. The predicted octanol–water partition coefficient (Wildman–Crippen LogP) is 2.16. The van der Waals surface area contributed by atoms with Crippen LogP contribution in [-0.4, -0.2) is 23.0 Å². The predicted molar refractivity (Wildman–Crippen MR) is 83.3 cm³/mol. The van der Waals surface area contributed by atoms with E-state index in [1.807, 2.05) is 13.0 Å². The lowest BCUT2D eigenvalue weighted by Gasteiger charge is -2.13. The third-order valence-electron chi connectivity index (χ3n) is 2.94. The SMILES string of the molecule is Cc1cccc(NC(=O)C(C)OC(=O)c2ccc(N)cc2)n1. The standard InChI is InChI=1S/C16H17N3O3/c1-10-4-3-5-14(18-10)19-15(20)11(2)22-16(21)12-6-8-13(17)9-7-12/h3-9,11H,17H2,1-2H3,(H,18,19,20). The Hall–Kier alpha value is -2.89. The van der Waals surface area contributed by atoms with Crippen LogP contribution < -0.4 is 11.1 Å². The maximum absolute atomic E-state index is 12.0. The first kappa shape index (κ1) is 15.5. The lowest BCUT2D eigenvalue weighted by Crippen LogP contribution is -2.30. The Balaban J connectivity index is 1.96. The van der Waals surface area contributed by atoms with Gasteiger partial charge in [-0.15, -0.1) is 0 Å². The van der Waals surface area contributed by atoms with E-state index in [0.29, 0.717) is 17.1 Å². The number of nitrogens with one attached hydrogen (secondary N) is 1. The number of rotatable bonds is 4. The van der Waals surface area contributed by atoms with Crippen LogP contribution in [0.5, 0.6) is 0 Å². The third kappa shape index (κ3) is 4.05. The summed E-state index contributed by atoms with van der Waals surface area (Å²) in [7, 11) is 0. The average molecular weight is 299 g/mol. The summed E-state index contributed by atoms with van der Waals surface area (Å²) in [6, 6.07) is 11.5. The summed E-state index contributed by atoms with van der Waals surface area (Å²) in [5, 5.41) is 2.60. The number of hydrogen-bond donors (Lipinski definition) is 2. The summed E-state index contributed by atoms with van der Waals surface area (Å²) in [5.74, 6) is -0.609. The molecule has 0 saturated carbocycles. The van der Waals surface area contributed by atoms with E-state index in [4.69, 9.17) is 10.5 Å². The molecule has 1 heterocycles. The largest absolute Gasteiger partial charge is 0.449 e. The van der Waals surface area contributed by atoms with Crippen molar-refractivity contribution in [1.82, 2.24) is 4.98 Å². The van der Waals surface area contributed by atoms with Gasteiger partial charge in [-0.05, 0) is 50.2 Å². The number of aryl methyl sites for hydroxylation is 1. The number of pyridine rings is 1. The van der Waals surface area contributed by atoms with Crippen molar-refractivity contribution in [2.24, 2.45) is 0 Å². The molecule has 0 fully saturated rings. The first-order valence-corrected chi connectivity index (χ1v) is 6.77. The molecule has 0 aliphatic carbocycles. The van der Waals surface area contributed by atoms with Gasteiger partial charge in [0.05, 0.1) is 5.56 Å². The van der Waals surface area contributed by atoms with E-state index in [-0.39, 0.29) is 0 Å². The quantitative estimate of drug-likeness (QED) is 0.666. The van der Waals surface area contributed by atoms with Gasteiger partial charge in [0.2, 0.25) is 0 Å². The highest BCUT2D eigenvalue weighted by Crippen LogP contribution is 2.10. The van der Waals surface area contributed by atoms with Crippen molar-refractivity contribution in [2.75, 3.05) is 11.1 Å². The van der Waals surface area contributed by atoms with Crippen LogP contribution in [0, 0.1) is 6.92 Å². The minimum atomic E-state index is -0.938. The lowest BCUT2D eigenvalue weighted by atomic mass is 10.2. The second-order valence-electron chi connectivity index (χ2n) is 4.82. The number of nitrogens with two attached hydrogens (primary N) is 1. The van der Waals surface area contributed by atoms with Crippen LogP contribution in [0.15, 0.2) is 42.5 Å². The summed E-state index contributed by atoms with van der Waals surface area (Å²) < 4.78 is 5.12. The Morgan fingerprint density at radius 1 is 1.18 bits per heavy atom. The minimum Gasteiger partial charge on any atom is -0.449 e. The van der Waals surface area contributed by atoms with Crippen molar-refractivity contribution in [3.8, 4) is 0 Å². The highest BCUT2D eigenvalue weighted by atomic mass is 16.5. The molecular weight excluding hydrogens is 282 g/mol. The number of carbonyl (C=O) groups is 2. The van der Waals surface area contributed by atoms with Gasteiger partial charge in [-0.1, -0.05) is 6.07 Å². The van der Waals surface area contributed by atoms with E-state index in [9.17, 15) is 9.59 Å². The zero-order chi connectivity index (χ0) is 16.1. The number of carbonyl (C=O) groups excluding carboxylic acids is 2. The molecule has 2 aromatic rings. The average Bonchev–Trinajstić information content (AvgIpc) is 2.47. The smallest absolute Gasteiger partial charge is 0.338 e. The minimum absolute atomic E-state index is 0.336. The van der Waals surface area contributed by atoms with Gasteiger partial charge in [-0.2, -0.15) is 0 Å². The van der Waals surface area contributed by atoms with Crippen molar-refractivity contribution in [3.05, 3.63) is 53.7 Å². The summed E-state index contributed by atoms with van der Waals surface area (Å²) in [6.07, 6.45) is -0.938. The zero-order valence-corrected chi connectivity index (χ0v) is 12.4. The Kier molecular flexibility index (Phi) is 4.73. The molecule has 114 valence electrons. The fraction of sp³-hybridized carbons (Fsp3) is 0.188. The van der Waals surface area contributed by atoms with Gasteiger partial charge in [0.25, 0.3) is 5.91 Å². The number of aromatic nitrogens is 1. The lowest BCUT2D eigenvalue weighted by molar-refractivity contribution is -0.123. The van der Waals surface area contributed by atoms with Crippen LogP contribution in [-0.2, 0) is 9.53 Å². The molecule has 1 aromatic heterocycles. The number of amides is 1. The van der Waals surface area contributed by atoms with Crippen LogP contribution in [0.1, 0.15) is 23.0 Å². The summed E-state index contributed by atoms with van der Waals surface area (Å²) in [5.41, 5.74) is 7.22. The van der Waals surface area contributed by atoms with Gasteiger partial charge in [0, 0.05) is 11.4 Å². The number of ether oxygens (including phenoxy) is 1. The topological polar surface area (TPSA) is 94.3 Å². The monoisotopic (exact) mass is 299 g/mol. The van der Waals surface area contributed by atoms with Crippen LogP contribution in [0.2, 0.25) is 0 Å². The molecule has 0 bridgehead atoms. The Morgan fingerprint density at radius 3 is 2.50 bits per heavy atom. The number of esters is 1. The molecule has 1 atom stereocenters. The maximum Gasteiger partial charge on any atom is 0.338 e. The van der Waals surface area contributed by atoms with E-state index in [1.165, 1.54) is 6.92 Å². The molecule has 0 saturated heterocycles. The molecule has 1 aromatic carbocycles. The van der Waals surface area contributed by atoms with Crippen LogP contribution in [0.4, 0.5) is 11.5 Å². The molecule has 2 rings (SSSR count). The van der Waals surface area contributed by atoms with Gasteiger partial charge in [-0.3, -0.25) is 4.79 Å². The maximum atomic E-state index is 12.0. The third-order valence-corrected chi connectivity index (χ3v) is 2.94. The Labute approximate surface area is 128 Å². The molecule has 0 aliphatic rings. The van der Waals surface area contributed by atoms with Crippen molar-refractivity contribution in [2.45, 2.75) is 20.0 Å². The van der Waals surface area contributed by atoms with E-state index in [1.54, 1.807) is 36.4 Å². The molecule has 0 aliphatic heterocycles. The normalized spacial score (nSPS) is 11.5. The van der Waals surface area contributed by atoms with Crippen LogP contribution in [0.25, 0.3) is 0 Å². The van der Waals surface area contributed by atoms with Crippen LogP contribution >= 0.6 is 0 Å². The van der Waals surface area contributed by atoms with E-state index < -0.39 is 18.0 Å². The zero-order valence-electron chi connectivity index (χ0n) is 12.4. The molecule has 22 heavy (non-hydrogen) atoms. The van der Waals surface area contributed by atoms with Gasteiger partial charge in [0.15, 0.2) is 6.10 Å². The van der Waals surface area contributed by atoms with E-state index >= 15 is 0 Å². The molecule has 1 amide bonds. The van der Waals surface area contributed by atoms with Gasteiger partial charge in [-0.25, -0.2) is 9.78 Å². The van der Waals surface area contributed by atoms with Crippen molar-refractivity contribution >= 4 is 23.4 Å². The van der Waals surface area contributed by atoms with Crippen LogP contribution in [0.3, 0.4) is 0 Å². The number of nitrogen functional groups attached to an aromatic ring is 1. The number of anilines is 2. The highest BCUT2D eigenvalue weighted by molar-refractivity contribution is 5.96. The Morgan fingerprint density at radius 2 is 1.86 bits per heavy atom. The number of hydrogen-bond acceptors (Lipinski definition) is 5. The second kappa shape index (κ2) is 6.71. The van der Waals surface area contributed by atoms with Crippen molar-refractivity contribution < 1.29 is 14.3 Å². The number of nitrogens with zero attached hydrogens (tertiary/aromatic N) is 1. The molecule has 0 radical (unpaired) electrons. The first-order chi connectivity index (χ1) is 10.5. The highest BCUT2D eigenvalue weighted by Gasteiger charge is 2.19. The first-order valence-electron chi connectivity index (χ1n) is 6.77. The fourth-order valence-electron chi connectivity index (χ4n) is 1.74. The van der Waals surface area contributed by atoms with E-state index in [0.717, 1.165) is 5.69 Å². The molecule has 0 spiro atoms. The van der Waals surface area contributed by atoms with Gasteiger partial charge in [0.1, 0.15) is 5.82 Å². The van der Waals surface area contributed by atoms with Gasteiger partial charge >= 0.3 is 5.97 Å². The Bertz CT molecular complexity index is 683. The number of benzene rings is 1.